The third kappa shape index (κ3) is 3.08. The number of aromatic nitrogens is 2. The first kappa shape index (κ1) is 12.1. The molecule has 17 heavy (non-hydrogen) atoms. The number of hydrogen-bond donors (Lipinski definition) is 1. The number of aryl methyl sites for hydroxylation is 1. The van der Waals surface area contributed by atoms with Crippen LogP contribution in [-0.4, -0.2) is 30.1 Å². The molecular weight excluding hydrogens is 212 g/mol. The van der Waals surface area contributed by atoms with Crippen LogP contribution in [0, 0.1) is 5.92 Å². The Hall–Kier alpha value is -1.32. The standard InChI is InChI=1S/C13H22N4/c1-4-11-15-12(14-3)8-13(16-11)17(5-2)9-10-6-7-10/h8,10H,4-7,9H2,1-3H3,(H,14,15,16). The van der Waals surface area contributed by atoms with Crippen molar-refractivity contribution in [3.05, 3.63) is 11.9 Å². The summed E-state index contributed by atoms with van der Waals surface area (Å²) in [6, 6.07) is 2.05. The molecule has 1 aliphatic rings. The summed E-state index contributed by atoms with van der Waals surface area (Å²) in [5, 5.41) is 3.11. The van der Waals surface area contributed by atoms with Gasteiger partial charge in [-0.3, -0.25) is 0 Å². The molecule has 0 unspecified atom stereocenters. The van der Waals surface area contributed by atoms with Crippen LogP contribution in [0.1, 0.15) is 32.5 Å². The van der Waals surface area contributed by atoms with E-state index in [1.807, 2.05) is 13.1 Å². The third-order valence-electron chi connectivity index (χ3n) is 3.21. The first-order chi connectivity index (χ1) is 8.26. The van der Waals surface area contributed by atoms with Crippen LogP contribution in [0.15, 0.2) is 6.07 Å². The minimum Gasteiger partial charge on any atom is -0.373 e. The smallest absolute Gasteiger partial charge is 0.134 e. The van der Waals surface area contributed by atoms with Gasteiger partial charge >= 0.3 is 0 Å². The first-order valence-electron chi connectivity index (χ1n) is 6.57. The lowest BCUT2D eigenvalue weighted by molar-refractivity contribution is 0.726. The molecular formula is C13H22N4. The summed E-state index contributed by atoms with van der Waals surface area (Å²) in [5.74, 6) is 3.78. The fourth-order valence-corrected chi connectivity index (χ4v) is 1.93. The molecule has 2 rings (SSSR count). The summed E-state index contributed by atoms with van der Waals surface area (Å²) in [7, 11) is 1.91. The van der Waals surface area contributed by atoms with Crippen molar-refractivity contribution in [3.8, 4) is 0 Å². The monoisotopic (exact) mass is 234 g/mol. The maximum Gasteiger partial charge on any atom is 0.134 e. The Morgan fingerprint density at radius 1 is 1.35 bits per heavy atom. The highest BCUT2D eigenvalue weighted by Gasteiger charge is 2.24. The van der Waals surface area contributed by atoms with E-state index in [9.17, 15) is 0 Å². The van der Waals surface area contributed by atoms with Crippen LogP contribution in [0.5, 0.6) is 0 Å². The molecule has 0 atom stereocenters. The quantitative estimate of drug-likeness (QED) is 0.820. The molecule has 0 spiro atoms. The van der Waals surface area contributed by atoms with E-state index in [-0.39, 0.29) is 0 Å². The molecule has 1 saturated carbocycles. The van der Waals surface area contributed by atoms with Gasteiger partial charge in [0.15, 0.2) is 0 Å². The van der Waals surface area contributed by atoms with Gasteiger partial charge < -0.3 is 10.2 Å². The minimum atomic E-state index is 0.878. The normalized spacial score (nSPS) is 14.8. The molecule has 0 bridgehead atoms. The van der Waals surface area contributed by atoms with Gasteiger partial charge in [0.1, 0.15) is 17.5 Å². The summed E-state index contributed by atoms with van der Waals surface area (Å²) in [6.07, 6.45) is 3.63. The number of nitrogens with zero attached hydrogens (tertiary/aromatic N) is 3. The van der Waals surface area contributed by atoms with E-state index in [1.165, 1.54) is 12.8 Å². The highest BCUT2D eigenvalue weighted by Crippen LogP contribution is 2.31. The van der Waals surface area contributed by atoms with Gasteiger partial charge in [0.05, 0.1) is 0 Å². The van der Waals surface area contributed by atoms with Crippen molar-refractivity contribution < 1.29 is 0 Å². The van der Waals surface area contributed by atoms with Crippen molar-refractivity contribution in [2.45, 2.75) is 33.1 Å². The Labute approximate surface area is 103 Å². The number of nitrogens with one attached hydrogen (secondary N) is 1. The molecule has 0 saturated heterocycles. The average Bonchev–Trinajstić information content (AvgIpc) is 3.19. The first-order valence-corrected chi connectivity index (χ1v) is 6.57. The molecule has 1 N–H and O–H groups in total. The second kappa shape index (κ2) is 5.34. The van der Waals surface area contributed by atoms with Crippen LogP contribution in [0.25, 0.3) is 0 Å². The van der Waals surface area contributed by atoms with Gasteiger partial charge in [0.25, 0.3) is 0 Å². The minimum absolute atomic E-state index is 0.878. The summed E-state index contributed by atoms with van der Waals surface area (Å²) in [5.41, 5.74) is 0. The Morgan fingerprint density at radius 2 is 2.12 bits per heavy atom. The molecule has 1 heterocycles. The summed E-state index contributed by atoms with van der Waals surface area (Å²) in [4.78, 5) is 11.4. The zero-order chi connectivity index (χ0) is 12.3. The molecule has 1 aromatic heterocycles. The third-order valence-corrected chi connectivity index (χ3v) is 3.21. The maximum atomic E-state index is 4.63. The van der Waals surface area contributed by atoms with E-state index in [0.29, 0.717) is 0 Å². The fourth-order valence-electron chi connectivity index (χ4n) is 1.93. The molecule has 4 heteroatoms. The highest BCUT2D eigenvalue weighted by molar-refractivity contribution is 5.49. The average molecular weight is 234 g/mol. The fraction of sp³-hybridized carbons (Fsp3) is 0.692. The molecule has 0 amide bonds. The van der Waals surface area contributed by atoms with Gasteiger partial charge in [0.2, 0.25) is 0 Å². The molecule has 94 valence electrons. The topological polar surface area (TPSA) is 41.1 Å². The Balaban J connectivity index is 2.20. The van der Waals surface area contributed by atoms with Crippen LogP contribution in [-0.2, 0) is 6.42 Å². The van der Waals surface area contributed by atoms with Crippen LogP contribution in [0.3, 0.4) is 0 Å². The van der Waals surface area contributed by atoms with Crippen LogP contribution in [0.2, 0.25) is 0 Å². The molecule has 1 aliphatic carbocycles. The van der Waals surface area contributed by atoms with E-state index in [1.54, 1.807) is 0 Å². The summed E-state index contributed by atoms with van der Waals surface area (Å²) < 4.78 is 0. The summed E-state index contributed by atoms with van der Waals surface area (Å²) in [6.45, 7) is 6.44. The van der Waals surface area contributed by atoms with Gasteiger partial charge in [-0.1, -0.05) is 6.92 Å². The number of rotatable bonds is 6. The van der Waals surface area contributed by atoms with E-state index in [4.69, 9.17) is 0 Å². The van der Waals surface area contributed by atoms with Crippen LogP contribution in [0.4, 0.5) is 11.6 Å². The lowest BCUT2D eigenvalue weighted by Crippen LogP contribution is -2.26. The van der Waals surface area contributed by atoms with Gasteiger partial charge in [-0.15, -0.1) is 0 Å². The lowest BCUT2D eigenvalue weighted by atomic mass is 10.3. The molecule has 1 aromatic rings. The maximum absolute atomic E-state index is 4.63. The van der Waals surface area contributed by atoms with Crippen molar-refractivity contribution in [1.82, 2.24) is 9.97 Å². The second-order valence-electron chi connectivity index (χ2n) is 4.61. The Bertz CT molecular complexity index is 351. The predicted octanol–water partition coefficient (Wildman–Crippen LogP) is 2.32. The predicted molar refractivity (Wildman–Crippen MR) is 71.6 cm³/mol. The van der Waals surface area contributed by atoms with Crippen molar-refractivity contribution in [2.75, 3.05) is 30.4 Å². The molecule has 0 aromatic carbocycles. The number of anilines is 2. The van der Waals surface area contributed by atoms with Gasteiger partial charge in [0, 0.05) is 32.6 Å². The van der Waals surface area contributed by atoms with Gasteiger partial charge in [-0.2, -0.15) is 0 Å². The van der Waals surface area contributed by atoms with E-state index >= 15 is 0 Å². The van der Waals surface area contributed by atoms with Crippen molar-refractivity contribution in [1.29, 1.82) is 0 Å². The van der Waals surface area contributed by atoms with Crippen molar-refractivity contribution in [2.24, 2.45) is 5.92 Å². The van der Waals surface area contributed by atoms with Crippen molar-refractivity contribution >= 4 is 11.6 Å². The zero-order valence-electron chi connectivity index (χ0n) is 11.0. The van der Waals surface area contributed by atoms with E-state index in [2.05, 4.69) is 34.0 Å². The Morgan fingerprint density at radius 3 is 2.65 bits per heavy atom. The molecule has 0 radical (unpaired) electrons. The largest absolute Gasteiger partial charge is 0.373 e. The second-order valence-corrected chi connectivity index (χ2v) is 4.61. The summed E-state index contributed by atoms with van der Waals surface area (Å²) >= 11 is 0. The van der Waals surface area contributed by atoms with Crippen LogP contribution >= 0.6 is 0 Å². The van der Waals surface area contributed by atoms with Gasteiger partial charge in [-0.05, 0) is 25.7 Å². The zero-order valence-corrected chi connectivity index (χ0v) is 11.0. The highest BCUT2D eigenvalue weighted by atomic mass is 15.2. The SMILES string of the molecule is CCc1nc(NC)cc(N(CC)CC2CC2)n1. The molecule has 1 fully saturated rings. The Kier molecular flexibility index (Phi) is 3.82. The van der Waals surface area contributed by atoms with Gasteiger partial charge in [-0.25, -0.2) is 9.97 Å². The van der Waals surface area contributed by atoms with Crippen LogP contribution < -0.4 is 10.2 Å². The molecule has 4 nitrogen and oxygen atoms in total. The van der Waals surface area contributed by atoms with Crippen molar-refractivity contribution in [3.63, 3.8) is 0 Å². The molecule has 0 aliphatic heterocycles. The number of hydrogen-bond acceptors (Lipinski definition) is 4. The van der Waals surface area contributed by atoms with E-state index in [0.717, 1.165) is 42.9 Å². The lowest BCUT2D eigenvalue weighted by Gasteiger charge is -2.22. The van der Waals surface area contributed by atoms with E-state index < -0.39 is 0 Å².